The van der Waals surface area contributed by atoms with Crippen molar-refractivity contribution in [3.63, 3.8) is 0 Å². The van der Waals surface area contributed by atoms with Crippen molar-refractivity contribution < 1.29 is 4.92 Å². The molecule has 5 heteroatoms. The van der Waals surface area contributed by atoms with E-state index >= 15 is 0 Å². The lowest BCUT2D eigenvalue weighted by molar-refractivity contribution is -0.384. The van der Waals surface area contributed by atoms with E-state index in [2.05, 4.69) is 17.5 Å². The van der Waals surface area contributed by atoms with Gasteiger partial charge in [0.25, 0.3) is 5.69 Å². The number of nitro groups is 1. The van der Waals surface area contributed by atoms with Crippen LogP contribution in [0, 0.1) is 10.1 Å². The number of non-ortho nitro benzene ring substituents is 1. The van der Waals surface area contributed by atoms with Gasteiger partial charge in [-0.05, 0) is 17.7 Å². The Bertz CT molecular complexity index is 594. The lowest BCUT2D eigenvalue weighted by Crippen LogP contribution is -1.97. The molecule has 0 aromatic heterocycles. The Labute approximate surface area is 117 Å². The molecule has 2 aromatic carbocycles. The average Bonchev–Trinajstić information content (AvgIpc) is 2.48. The maximum Gasteiger partial charge on any atom is 0.269 e. The highest BCUT2D eigenvalue weighted by Crippen LogP contribution is 2.16. The van der Waals surface area contributed by atoms with Crippen LogP contribution in [0.2, 0.25) is 0 Å². The summed E-state index contributed by atoms with van der Waals surface area (Å²) in [5.41, 5.74) is 4.82. The smallest absolute Gasteiger partial charge is 0.269 e. The number of hydrazone groups is 1. The van der Waals surface area contributed by atoms with Gasteiger partial charge in [0, 0.05) is 24.3 Å². The van der Waals surface area contributed by atoms with Gasteiger partial charge in [-0.15, -0.1) is 0 Å². The van der Waals surface area contributed by atoms with Gasteiger partial charge in [0.15, 0.2) is 0 Å². The molecule has 2 aromatic rings. The number of anilines is 1. The predicted octanol–water partition coefficient (Wildman–Crippen LogP) is 3.80. The van der Waals surface area contributed by atoms with Crippen LogP contribution >= 0.6 is 0 Å². The fourth-order valence-electron chi connectivity index (χ4n) is 1.72. The third kappa shape index (κ3) is 3.65. The molecule has 0 aliphatic rings. The molecule has 0 bridgehead atoms. The Hall–Kier alpha value is -2.69. The minimum atomic E-state index is -0.426. The molecular weight excluding hydrogens is 254 g/mol. The Morgan fingerprint density at radius 1 is 1.15 bits per heavy atom. The minimum absolute atomic E-state index is 0.0668. The third-order valence-corrected chi connectivity index (χ3v) is 2.90. The standard InChI is InChI=1S/C15H15N3O2/c1-12(13-5-3-2-4-6-13)11-16-17-14-7-9-15(10-8-14)18(19)20/h2-12,17H,1H3/t12-/m1/s1. The molecule has 102 valence electrons. The van der Waals surface area contributed by atoms with Crippen LogP contribution in [0.1, 0.15) is 18.4 Å². The molecule has 20 heavy (non-hydrogen) atoms. The summed E-state index contributed by atoms with van der Waals surface area (Å²) < 4.78 is 0. The minimum Gasteiger partial charge on any atom is -0.279 e. The molecule has 1 atom stereocenters. The molecule has 2 rings (SSSR count). The molecule has 0 amide bonds. The largest absolute Gasteiger partial charge is 0.279 e. The highest BCUT2D eigenvalue weighted by atomic mass is 16.6. The second kappa shape index (κ2) is 6.47. The van der Waals surface area contributed by atoms with Crippen molar-refractivity contribution in [2.75, 3.05) is 5.43 Å². The van der Waals surface area contributed by atoms with Crippen molar-refractivity contribution in [2.45, 2.75) is 12.8 Å². The Morgan fingerprint density at radius 2 is 1.80 bits per heavy atom. The van der Waals surface area contributed by atoms with Crippen LogP contribution in [0.3, 0.4) is 0 Å². The second-order valence-electron chi connectivity index (χ2n) is 4.39. The summed E-state index contributed by atoms with van der Waals surface area (Å²) in [6, 6.07) is 16.2. The van der Waals surface area contributed by atoms with Gasteiger partial charge in [0.2, 0.25) is 0 Å². The lowest BCUT2D eigenvalue weighted by atomic mass is 10.0. The summed E-state index contributed by atoms with van der Waals surface area (Å²) >= 11 is 0. The van der Waals surface area contributed by atoms with Gasteiger partial charge >= 0.3 is 0 Å². The molecule has 0 heterocycles. The summed E-state index contributed by atoms with van der Waals surface area (Å²) in [5.74, 6) is 0.196. The van der Waals surface area contributed by atoms with Gasteiger partial charge < -0.3 is 0 Å². The van der Waals surface area contributed by atoms with Crippen LogP contribution in [0.5, 0.6) is 0 Å². The number of nitrogens with zero attached hydrogens (tertiary/aromatic N) is 2. The van der Waals surface area contributed by atoms with Crippen LogP contribution in [0.25, 0.3) is 0 Å². The molecule has 0 aliphatic carbocycles. The molecular formula is C15H15N3O2. The normalized spacial score (nSPS) is 12.2. The van der Waals surface area contributed by atoms with E-state index < -0.39 is 4.92 Å². The summed E-state index contributed by atoms with van der Waals surface area (Å²) in [7, 11) is 0. The zero-order valence-corrected chi connectivity index (χ0v) is 11.1. The third-order valence-electron chi connectivity index (χ3n) is 2.90. The van der Waals surface area contributed by atoms with Gasteiger partial charge in [-0.25, -0.2) is 0 Å². The van der Waals surface area contributed by atoms with E-state index in [1.807, 2.05) is 30.3 Å². The Balaban J connectivity index is 1.94. The van der Waals surface area contributed by atoms with Gasteiger partial charge in [0.05, 0.1) is 10.6 Å². The lowest BCUT2D eigenvalue weighted by Gasteiger charge is -2.05. The fraction of sp³-hybridized carbons (Fsp3) is 0.133. The molecule has 0 radical (unpaired) electrons. The number of nitro benzene ring substituents is 1. The maximum atomic E-state index is 10.5. The van der Waals surface area contributed by atoms with Crippen LogP contribution < -0.4 is 5.43 Å². The van der Waals surface area contributed by atoms with Gasteiger partial charge in [-0.1, -0.05) is 37.3 Å². The van der Waals surface area contributed by atoms with Crippen molar-refractivity contribution in [3.05, 3.63) is 70.3 Å². The molecule has 0 spiro atoms. The first-order chi connectivity index (χ1) is 9.66. The zero-order chi connectivity index (χ0) is 14.4. The van der Waals surface area contributed by atoms with Gasteiger partial charge in [-0.3, -0.25) is 15.5 Å². The van der Waals surface area contributed by atoms with Crippen LogP contribution in [-0.4, -0.2) is 11.1 Å². The summed E-state index contributed by atoms with van der Waals surface area (Å²) in [6.45, 7) is 2.05. The number of benzene rings is 2. The van der Waals surface area contributed by atoms with E-state index in [4.69, 9.17) is 0 Å². The maximum absolute atomic E-state index is 10.5. The highest BCUT2D eigenvalue weighted by molar-refractivity contribution is 5.68. The molecule has 0 saturated carbocycles. The van der Waals surface area contributed by atoms with Gasteiger partial charge in [-0.2, -0.15) is 5.10 Å². The molecule has 0 saturated heterocycles. The van der Waals surface area contributed by atoms with E-state index in [0.717, 1.165) is 0 Å². The Morgan fingerprint density at radius 3 is 2.40 bits per heavy atom. The SMILES string of the molecule is C[C@H](C=NNc1ccc([N+](=O)[O-])cc1)c1ccccc1. The fourth-order valence-corrected chi connectivity index (χ4v) is 1.72. The number of hydrogen-bond donors (Lipinski definition) is 1. The van der Waals surface area contributed by atoms with Crippen molar-refractivity contribution in [1.29, 1.82) is 0 Å². The van der Waals surface area contributed by atoms with Crippen molar-refractivity contribution in [2.24, 2.45) is 5.10 Å². The van der Waals surface area contributed by atoms with E-state index in [1.165, 1.54) is 17.7 Å². The zero-order valence-electron chi connectivity index (χ0n) is 11.1. The van der Waals surface area contributed by atoms with Crippen LogP contribution in [-0.2, 0) is 0 Å². The summed E-state index contributed by atoms with van der Waals surface area (Å²) in [5, 5.41) is 14.7. The first-order valence-electron chi connectivity index (χ1n) is 6.25. The number of hydrogen-bond acceptors (Lipinski definition) is 4. The number of rotatable bonds is 5. The van der Waals surface area contributed by atoms with E-state index in [1.54, 1.807) is 18.3 Å². The van der Waals surface area contributed by atoms with Crippen LogP contribution in [0.15, 0.2) is 59.7 Å². The summed E-state index contributed by atoms with van der Waals surface area (Å²) in [6.07, 6.45) is 1.80. The van der Waals surface area contributed by atoms with E-state index in [-0.39, 0.29) is 11.6 Å². The summed E-state index contributed by atoms with van der Waals surface area (Å²) in [4.78, 5) is 10.1. The quantitative estimate of drug-likeness (QED) is 0.510. The predicted molar refractivity (Wildman–Crippen MR) is 80.1 cm³/mol. The monoisotopic (exact) mass is 269 g/mol. The second-order valence-corrected chi connectivity index (χ2v) is 4.39. The topological polar surface area (TPSA) is 67.5 Å². The highest BCUT2D eigenvalue weighted by Gasteiger charge is 2.03. The molecule has 5 nitrogen and oxygen atoms in total. The molecule has 1 N–H and O–H groups in total. The van der Waals surface area contributed by atoms with Gasteiger partial charge in [0.1, 0.15) is 0 Å². The Kier molecular flexibility index (Phi) is 4.44. The molecule has 0 unspecified atom stereocenters. The van der Waals surface area contributed by atoms with Crippen molar-refractivity contribution in [1.82, 2.24) is 0 Å². The van der Waals surface area contributed by atoms with E-state index in [9.17, 15) is 10.1 Å². The number of nitrogens with one attached hydrogen (secondary N) is 1. The van der Waals surface area contributed by atoms with Crippen LogP contribution in [0.4, 0.5) is 11.4 Å². The molecule has 0 fully saturated rings. The van der Waals surface area contributed by atoms with Crippen molar-refractivity contribution in [3.8, 4) is 0 Å². The van der Waals surface area contributed by atoms with E-state index in [0.29, 0.717) is 5.69 Å². The molecule has 0 aliphatic heterocycles. The van der Waals surface area contributed by atoms with Crippen molar-refractivity contribution >= 4 is 17.6 Å². The first kappa shape index (κ1) is 13.7. The first-order valence-corrected chi connectivity index (χ1v) is 6.25. The average molecular weight is 269 g/mol.